The van der Waals surface area contributed by atoms with Crippen molar-refractivity contribution in [2.45, 2.75) is 76.6 Å². The highest BCUT2D eigenvalue weighted by Crippen LogP contribution is 2.50. The molecule has 0 aromatic heterocycles. The zero-order valence-electron chi connectivity index (χ0n) is 12.9. The van der Waals surface area contributed by atoms with Gasteiger partial charge in [0.25, 0.3) is 0 Å². The average Bonchev–Trinajstić information content (AvgIpc) is 2.41. The zero-order valence-corrected chi connectivity index (χ0v) is 14.6. The van der Waals surface area contributed by atoms with E-state index in [2.05, 4.69) is 11.2 Å². The summed E-state index contributed by atoms with van der Waals surface area (Å²) >= 11 is 5.17. The normalized spacial score (nSPS) is 25.1. The number of hydrogen-bond donors (Lipinski definition) is 2. The lowest BCUT2D eigenvalue weighted by atomic mass is 9.93. The molecule has 0 spiro atoms. The first kappa shape index (κ1) is 18.6. The molecule has 1 aliphatic carbocycles. The Morgan fingerprint density at radius 3 is 2.62 bits per heavy atom. The molecule has 2 N–H and O–H groups in total. The molecule has 1 rings (SSSR count). The lowest BCUT2D eigenvalue weighted by molar-refractivity contribution is -0.122. The molecule has 1 aliphatic rings. The summed E-state index contributed by atoms with van der Waals surface area (Å²) in [6, 6.07) is 0.207. The highest BCUT2D eigenvalue weighted by molar-refractivity contribution is 8.09. The van der Waals surface area contributed by atoms with E-state index in [1.807, 2.05) is 13.8 Å². The molecule has 0 aliphatic heterocycles. The number of nitrogens with one attached hydrogen (secondary N) is 1. The Bertz CT molecular complexity index is 425. The van der Waals surface area contributed by atoms with Gasteiger partial charge in [-0.3, -0.25) is 4.79 Å². The lowest BCUT2D eigenvalue weighted by Crippen LogP contribution is -2.38. The number of hydrogen-bond acceptors (Lipinski definition) is 3. The van der Waals surface area contributed by atoms with Crippen LogP contribution in [-0.4, -0.2) is 28.6 Å². The van der Waals surface area contributed by atoms with Crippen LogP contribution in [0.3, 0.4) is 0 Å². The Morgan fingerprint density at radius 1 is 1.48 bits per heavy atom. The molecule has 0 saturated heterocycles. The number of amides is 1. The Hall–Kier alpha value is -0.400. The van der Waals surface area contributed by atoms with Crippen molar-refractivity contribution in [3.05, 3.63) is 0 Å². The van der Waals surface area contributed by atoms with Crippen LogP contribution < -0.4 is 5.32 Å². The van der Waals surface area contributed by atoms with Gasteiger partial charge < -0.3 is 14.7 Å². The Morgan fingerprint density at radius 2 is 2.10 bits per heavy atom. The van der Waals surface area contributed by atoms with Crippen LogP contribution in [0.15, 0.2) is 0 Å². The molecule has 1 amide bonds. The van der Waals surface area contributed by atoms with Gasteiger partial charge in [0.2, 0.25) is 5.91 Å². The van der Waals surface area contributed by atoms with Crippen LogP contribution in [0.2, 0.25) is 0 Å². The van der Waals surface area contributed by atoms with Crippen LogP contribution in [0.1, 0.15) is 58.8 Å². The van der Waals surface area contributed by atoms with Crippen LogP contribution in [0.5, 0.6) is 0 Å². The molecular formula is C15H26NO3PS. The van der Waals surface area contributed by atoms with E-state index >= 15 is 0 Å². The van der Waals surface area contributed by atoms with Crippen molar-refractivity contribution in [1.82, 2.24) is 5.32 Å². The molecule has 4 nitrogen and oxygen atoms in total. The molecule has 0 aromatic rings. The van der Waals surface area contributed by atoms with Gasteiger partial charge >= 0.3 is 0 Å². The summed E-state index contributed by atoms with van der Waals surface area (Å²) < 4.78 is 5.72. The van der Waals surface area contributed by atoms with Gasteiger partial charge in [0.1, 0.15) is 0 Å². The number of unbranched alkanes of at least 4 members (excludes halogenated alkanes) is 1. The van der Waals surface area contributed by atoms with Gasteiger partial charge in [0, 0.05) is 24.5 Å². The van der Waals surface area contributed by atoms with Gasteiger partial charge in [-0.15, -0.1) is 12.3 Å². The summed E-state index contributed by atoms with van der Waals surface area (Å²) in [5.41, 5.74) is -0.0129. The molecule has 120 valence electrons. The molecule has 1 atom stereocenters. The molecule has 1 saturated carbocycles. The van der Waals surface area contributed by atoms with E-state index in [0.29, 0.717) is 12.8 Å². The lowest BCUT2D eigenvalue weighted by Gasteiger charge is -2.32. The highest BCUT2D eigenvalue weighted by Gasteiger charge is 2.28. The van der Waals surface area contributed by atoms with Gasteiger partial charge in [0.15, 0.2) is 6.49 Å². The van der Waals surface area contributed by atoms with E-state index in [1.54, 1.807) is 0 Å². The maximum absolute atomic E-state index is 11.7. The average molecular weight is 331 g/mol. The summed E-state index contributed by atoms with van der Waals surface area (Å²) in [4.78, 5) is 21.8. The molecule has 0 bridgehead atoms. The maximum Gasteiger partial charge on any atom is 0.220 e. The van der Waals surface area contributed by atoms with Crippen molar-refractivity contribution in [2.75, 3.05) is 0 Å². The molecule has 21 heavy (non-hydrogen) atoms. The van der Waals surface area contributed by atoms with Gasteiger partial charge in [0.05, 0.1) is 6.10 Å². The Balaban J connectivity index is 2.28. The van der Waals surface area contributed by atoms with E-state index in [4.69, 9.17) is 22.8 Å². The van der Waals surface area contributed by atoms with E-state index in [0.717, 1.165) is 32.1 Å². The van der Waals surface area contributed by atoms with Gasteiger partial charge in [-0.2, -0.15) is 0 Å². The van der Waals surface area contributed by atoms with E-state index < -0.39 is 6.49 Å². The van der Waals surface area contributed by atoms with Crippen molar-refractivity contribution in [2.24, 2.45) is 0 Å². The fourth-order valence-corrected chi connectivity index (χ4v) is 3.55. The van der Waals surface area contributed by atoms with Crippen molar-refractivity contribution in [1.29, 1.82) is 0 Å². The van der Waals surface area contributed by atoms with E-state index in [9.17, 15) is 9.69 Å². The van der Waals surface area contributed by atoms with Crippen LogP contribution in [0.4, 0.5) is 0 Å². The van der Waals surface area contributed by atoms with Gasteiger partial charge in [-0.1, -0.05) is 13.8 Å². The molecule has 0 aromatic carbocycles. The smallest absolute Gasteiger partial charge is 0.220 e. The third kappa shape index (κ3) is 6.93. The van der Waals surface area contributed by atoms with Crippen LogP contribution in [-0.2, 0) is 21.1 Å². The van der Waals surface area contributed by atoms with E-state index in [1.165, 1.54) is 0 Å². The largest absolute Gasteiger partial charge is 0.353 e. The summed E-state index contributed by atoms with van der Waals surface area (Å²) in [5.74, 6) is 2.61. The minimum absolute atomic E-state index is 0.0129. The first-order valence-corrected chi connectivity index (χ1v) is 10.3. The Kier molecular flexibility index (Phi) is 7.90. The number of terminal acetylenes is 1. The minimum atomic E-state index is -2.67. The van der Waals surface area contributed by atoms with E-state index in [-0.39, 0.29) is 23.7 Å². The molecule has 6 heteroatoms. The van der Waals surface area contributed by atoms with Crippen molar-refractivity contribution < 1.29 is 14.2 Å². The zero-order chi connectivity index (χ0) is 15.9. The van der Waals surface area contributed by atoms with Crippen molar-refractivity contribution >= 4 is 24.2 Å². The second kappa shape index (κ2) is 8.90. The standard InChI is InChI=1S/C15H26NO3PS/c1-4-5-6-7-15(17)16-13-8-10-14(11-9-13)19-20(18,21)12(2)3/h1,12-14H,5-11H2,2-3H3,(H,16,17)(H,18,21). The SMILES string of the molecule is C#CCCCC(=O)NC1CCC(OP(O)(=S)C(C)C)CC1. The summed E-state index contributed by atoms with van der Waals surface area (Å²) in [6.45, 7) is 1.11. The first-order valence-electron chi connectivity index (χ1n) is 7.59. The van der Waals surface area contributed by atoms with Crippen LogP contribution in [0.25, 0.3) is 0 Å². The monoisotopic (exact) mass is 331 g/mol. The van der Waals surface area contributed by atoms with Crippen molar-refractivity contribution in [3.8, 4) is 12.3 Å². The maximum atomic E-state index is 11.7. The van der Waals surface area contributed by atoms with Crippen molar-refractivity contribution in [3.63, 3.8) is 0 Å². The minimum Gasteiger partial charge on any atom is -0.353 e. The molecule has 0 heterocycles. The summed E-state index contributed by atoms with van der Waals surface area (Å²) in [5, 5.41) is 3.04. The molecular weight excluding hydrogens is 305 g/mol. The second-order valence-electron chi connectivity index (χ2n) is 5.86. The van der Waals surface area contributed by atoms with Crippen LogP contribution in [0, 0.1) is 12.3 Å². The summed E-state index contributed by atoms with van der Waals surface area (Å²) in [6.07, 6.45) is 10.5. The van der Waals surface area contributed by atoms with Crippen LogP contribution >= 0.6 is 6.49 Å². The summed E-state index contributed by atoms with van der Waals surface area (Å²) in [7, 11) is 0. The molecule has 1 unspecified atom stereocenters. The fraction of sp³-hybridized carbons (Fsp3) is 0.800. The van der Waals surface area contributed by atoms with Gasteiger partial charge in [-0.25, -0.2) is 0 Å². The number of rotatable bonds is 7. The predicted octanol–water partition coefficient (Wildman–Crippen LogP) is 2.94. The van der Waals surface area contributed by atoms with Gasteiger partial charge in [-0.05, 0) is 43.9 Å². The number of carbonyl (C=O) groups is 1. The highest BCUT2D eigenvalue weighted by atomic mass is 32.5. The number of carbonyl (C=O) groups excluding carboxylic acids is 1. The quantitative estimate of drug-likeness (QED) is 0.428. The first-order chi connectivity index (χ1) is 9.85. The molecule has 1 fully saturated rings. The Labute approximate surface area is 133 Å². The third-order valence-corrected chi connectivity index (χ3v) is 7.15. The molecule has 0 radical (unpaired) electrons. The third-order valence-electron chi connectivity index (χ3n) is 3.72. The predicted molar refractivity (Wildman–Crippen MR) is 89.6 cm³/mol. The topological polar surface area (TPSA) is 58.6 Å². The second-order valence-corrected chi connectivity index (χ2v) is 9.80. The fourth-order valence-electron chi connectivity index (χ4n) is 2.30.